The number of aryl methyl sites for hydroxylation is 1. The Morgan fingerprint density at radius 2 is 2.07 bits per heavy atom. The number of hydrogen-bond donors (Lipinski definition) is 1. The maximum absolute atomic E-state index is 13.8. The molecule has 2 aliphatic rings. The van der Waals surface area contributed by atoms with Gasteiger partial charge in [-0.05, 0) is 36.8 Å². The Bertz CT molecular complexity index is 1270. The van der Waals surface area contributed by atoms with Crippen LogP contribution >= 0.6 is 0 Å². The van der Waals surface area contributed by atoms with Crippen molar-refractivity contribution in [2.75, 3.05) is 16.8 Å². The summed E-state index contributed by atoms with van der Waals surface area (Å²) in [5, 5.41) is 7.21. The van der Waals surface area contributed by atoms with Crippen LogP contribution in [0.3, 0.4) is 0 Å². The van der Waals surface area contributed by atoms with Crippen LogP contribution in [0.2, 0.25) is 0 Å². The fraction of sp³-hybridized carbons (Fsp3) is 0.174. The number of anilines is 2. The van der Waals surface area contributed by atoms with E-state index in [1.807, 2.05) is 25.1 Å². The van der Waals surface area contributed by atoms with E-state index < -0.39 is 11.2 Å². The molecule has 7 heteroatoms. The molecule has 30 heavy (non-hydrogen) atoms. The molecular formula is C23H17FN4O2. The van der Waals surface area contributed by atoms with Crippen LogP contribution in [0.5, 0.6) is 0 Å². The number of carbonyl (C=O) groups is 2. The number of terminal acetylenes is 1. The second kappa shape index (κ2) is 6.29. The van der Waals surface area contributed by atoms with Crippen molar-refractivity contribution in [1.82, 2.24) is 9.78 Å². The van der Waals surface area contributed by atoms with Crippen molar-refractivity contribution in [3.63, 3.8) is 0 Å². The molecule has 0 bridgehead atoms. The summed E-state index contributed by atoms with van der Waals surface area (Å²) in [6.07, 6.45) is 7.04. The Kier molecular flexibility index (Phi) is 3.80. The normalized spacial score (nSPS) is 19.4. The van der Waals surface area contributed by atoms with E-state index in [0.29, 0.717) is 22.8 Å². The minimum Gasteiger partial charge on any atom is -0.310 e. The van der Waals surface area contributed by atoms with Crippen LogP contribution in [0, 0.1) is 25.1 Å². The van der Waals surface area contributed by atoms with Crippen molar-refractivity contribution in [3.05, 3.63) is 71.2 Å². The van der Waals surface area contributed by atoms with Gasteiger partial charge in [0.05, 0.1) is 18.4 Å². The van der Waals surface area contributed by atoms with Gasteiger partial charge in [0.1, 0.15) is 17.1 Å². The molecule has 0 unspecified atom stereocenters. The molecule has 1 spiro atoms. The summed E-state index contributed by atoms with van der Waals surface area (Å²) in [5.74, 6) is 1.90. The van der Waals surface area contributed by atoms with Crippen LogP contribution in [0.4, 0.5) is 15.9 Å². The fourth-order valence-corrected chi connectivity index (χ4v) is 4.46. The minimum atomic E-state index is -1.22. The van der Waals surface area contributed by atoms with Crippen LogP contribution in [0.1, 0.15) is 23.1 Å². The van der Waals surface area contributed by atoms with Gasteiger partial charge in [-0.25, -0.2) is 9.07 Å². The first-order chi connectivity index (χ1) is 14.5. The highest BCUT2D eigenvalue weighted by Gasteiger charge is 2.57. The molecule has 3 aromatic rings. The summed E-state index contributed by atoms with van der Waals surface area (Å²) in [6, 6.07) is 11.6. The number of fused-ring (bicyclic) bond motifs is 4. The van der Waals surface area contributed by atoms with Gasteiger partial charge in [-0.2, -0.15) is 5.10 Å². The molecule has 1 aromatic heterocycles. The second-order valence-electron chi connectivity index (χ2n) is 7.54. The number of halogens is 1. The lowest BCUT2D eigenvalue weighted by Gasteiger charge is -2.32. The van der Waals surface area contributed by atoms with Crippen LogP contribution in [0.15, 0.2) is 48.7 Å². The lowest BCUT2D eigenvalue weighted by Crippen LogP contribution is -2.46. The Morgan fingerprint density at radius 3 is 2.83 bits per heavy atom. The van der Waals surface area contributed by atoms with E-state index in [2.05, 4.69) is 16.3 Å². The number of benzene rings is 2. The molecule has 0 saturated heterocycles. The first-order valence-corrected chi connectivity index (χ1v) is 9.46. The van der Waals surface area contributed by atoms with Gasteiger partial charge in [0.25, 0.3) is 0 Å². The third kappa shape index (κ3) is 2.34. The standard InChI is InChI=1S/C23H17FN4O2/c1-3-9-27-19-8-7-14(2)10-17(19)23(22(27)30)12-20(29)26-21-18(23)13-25-28(21)16-6-4-5-15(24)11-16/h1,4-8,10-11,13H,9,12H2,2H3,(H,26,29)/t23-/m1/s1. The first-order valence-electron chi connectivity index (χ1n) is 9.46. The number of carbonyl (C=O) groups excluding carboxylic acids is 2. The molecule has 5 rings (SSSR count). The molecular weight excluding hydrogens is 383 g/mol. The Labute approximate surface area is 172 Å². The SMILES string of the molecule is C#CCN1C(=O)[C@]2(CC(=O)Nc3c2cnn3-c2cccc(F)c2)c2cc(C)ccc21. The van der Waals surface area contributed by atoms with E-state index in [1.54, 1.807) is 18.3 Å². The molecule has 0 aliphatic carbocycles. The molecule has 2 aromatic carbocycles. The maximum atomic E-state index is 13.8. The Balaban J connectivity index is 1.78. The smallest absolute Gasteiger partial charge is 0.243 e. The average molecular weight is 400 g/mol. The monoisotopic (exact) mass is 400 g/mol. The zero-order valence-corrected chi connectivity index (χ0v) is 16.1. The number of amides is 2. The van der Waals surface area contributed by atoms with Gasteiger partial charge in [0.2, 0.25) is 11.8 Å². The number of nitrogens with zero attached hydrogens (tertiary/aromatic N) is 3. The highest BCUT2D eigenvalue weighted by Crippen LogP contribution is 2.52. The molecule has 3 heterocycles. The third-order valence-corrected chi connectivity index (χ3v) is 5.73. The van der Waals surface area contributed by atoms with Crippen molar-refractivity contribution in [2.24, 2.45) is 0 Å². The topological polar surface area (TPSA) is 67.2 Å². The molecule has 6 nitrogen and oxygen atoms in total. The van der Waals surface area contributed by atoms with Gasteiger partial charge >= 0.3 is 0 Å². The first kappa shape index (κ1) is 18.1. The van der Waals surface area contributed by atoms with E-state index in [0.717, 1.165) is 11.1 Å². The van der Waals surface area contributed by atoms with Gasteiger partial charge in [0.15, 0.2) is 0 Å². The number of nitrogens with one attached hydrogen (secondary N) is 1. The predicted molar refractivity (Wildman–Crippen MR) is 110 cm³/mol. The quantitative estimate of drug-likeness (QED) is 0.673. The van der Waals surface area contributed by atoms with Crippen LogP contribution in [0.25, 0.3) is 5.69 Å². The molecule has 0 radical (unpaired) electrons. The summed E-state index contributed by atoms with van der Waals surface area (Å²) < 4.78 is 15.2. The van der Waals surface area contributed by atoms with E-state index in [9.17, 15) is 14.0 Å². The zero-order valence-electron chi connectivity index (χ0n) is 16.1. The van der Waals surface area contributed by atoms with Crippen molar-refractivity contribution in [3.8, 4) is 18.0 Å². The summed E-state index contributed by atoms with van der Waals surface area (Å²) >= 11 is 0. The van der Waals surface area contributed by atoms with Crippen LogP contribution < -0.4 is 10.2 Å². The van der Waals surface area contributed by atoms with Gasteiger partial charge < -0.3 is 5.32 Å². The number of hydrogen-bond acceptors (Lipinski definition) is 3. The van der Waals surface area contributed by atoms with E-state index in [4.69, 9.17) is 6.42 Å². The number of rotatable bonds is 2. The summed E-state index contributed by atoms with van der Waals surface area (Å²) in [6.45, 7) is 2.04. The minimum absolute atomic E-state index is 0.0504. The van der Waals surface area contributed by atoms with Crippen molar-refractivity contribution < 1.29 is 14.0 Å². The molecule has 0 fully saturated rings. The molecule has 148 valence electrons. The van der Waals surface area contributed by atoms with Crippen LogP contribution in [-0.2, 0) is 15.0 Å². The van der Waals surface area contributed by atoms with Gasteiger partial charge in [-0.3, -0.25) is 14.5 Å². The van der Waals surface area contributed by atoms with E-state index >= 15 is 0 Å². The molecule has 2 amide bonds. The molecule has 1 N–H and O–H groups in total. The Hall–Kier alpha value is -3.92. The summed E-state index contributed by atoms with van der Waals surface area (Å²) in [5.41, 5.74) is 2.20. The van der Waals surface area contributed by atoms with Crippen molar-refractivity contribution >= 4 is 23.3 Å². The molecule has 1 atom stereocenters. The lowest BCUT2D eigenvalue weighted by atomic mass is 9.71. The summed E-state index contributed by atoms with van der Waals surface area (Å²) in [4.78, 5) is 28.0. The second-order valence-corrected chi connectivity index (χ2v) is 7.54. The van der Waals surface area contributed by atoms with Crippen molar-refractivity contribution in [2.45, 2.75) is 18.8 Å². The fourth-order valence-electron chi connectivity index (χ4n) is 4.46. The molecule has 2 aliphatic heterocycles. The Morgan fingerprint density at radius 1 is 1.23 bits per heavy atom. The summed E-state index contributed by atoms with van der Waals surface area (Å²) in [7, 11) is 0. The van der Waals surface area contributed by atoms with Gasteiger partial charge in [-0.1, -0.05) is 29.7 Å². The zero-order chi connectivity index (χ0) is 21.0. The highest BCUT2D eigenvalue weighted by atomic mass is 19.1. The highest BCUT2D eigenvalue weighted by molar-refractivity contribution is 6.16. The largest absolute Gasteiger partial charge is 0.310 e. The average Bonchev–Trinajstić information content (AvgIpc) is 3.23. The van der Waals surface area contributed by atoms with E-state index in [-0.39, 0.29) is 24.8 Å². The van der Waals surface area contributed by atoms with Crippen LogP contribution in [-0.4, -0.2) is 28.1 Å². The van der Waals surface area contributed by atoms with E-state index in [1.165, 1.54) is 21.7 Å². The lowest BCUT2D eigenvalue weighted by molar-refractivity contribution is -0.126. The predicted octanol–water partition coefficient (Wildman–Crippen LogP) is 2.93. The van der Waals surface area contributed by atoms with Gasteiger partial charge in [-0.15, -0.1) is 6.42 Å². The molecule has 0 saturated carbocycles. The van der Waals surface area contributed by atoms with Crippen molar-refractivity contribution in [1.29, 1.82) is 0 Å². The third-order valence-electron chi connectivity index (χ3n) is 5.73. The van der Waals surface area contributed by atoms with Gasteiger partial charge in [0, 0.05) is 17.7 Å². The maximum Gasteiger partial charge on any atom is 0.243 e. The number of aromatic nitrogens is 2.